The van der Waals surface area contributed by atoms with Gasteiger partial charge in [-0.2, -0.15) is 4.98 Å². The number of nitrogens with zero attached hydrogens (tertiary/aromatic N) is 3. The summed E-state index contributed by atoms with van der Waals surface area (Å²) in [5.41, 5.74) is 2.27. The smallest absolute Gasteiger partial charge is 0.227 e. The number of anilines is 1. The molecule has 1 amide bonds. The van der Waals surface area contributed by atoms with Crippen molar-refractivity contribution in [3.8, 4) is 17.1 Å². The summed E-state index contributed by atoms with van der Waals surface area (Å²) >= 11 is 0. The minimum atomic E-state index is -0.137. The van der Waals surface area contributed by atoms with Crippen LogP contribution >= 0.6 is 0 Å². The zero-order valence-electron chi connectivity index (χ0n) is 15.3. The number of carbonyl (C=O) groups excluding carboxylic acids is 1. The number of rotatable bonds is 6. The van der Waals surface area contributed by atoms with Gasteiger partial charge in [-0.15, -0.1) is 0 Å². The third-order valence-electron chi connectivity index (χ3n) is 4.29. The van der Waals surface area contributed by atoms with Gasteiger partial charge in [0.2, 0.25) is 17.6 Å². The van der Waals surface area contributed by atoms with E-state index in [1.54, 1.807) is 13.3 Å². The molecular weight excluding hydrogens is 356 g/mol. The molecule has 0 unspecified atom stereocenters. The summed E-state index contributed by atoms with van der Waals surface area (Å²) in [5.74, 6) is 1.52. The molecule has 0 saturated heterocycles. The highest BCUT2D eigenvalue weighted by Gasteiger charge is 2.12. The quantitative estimate of drug-likeness (QED) is 0.551. The number of nitrogens with one attached hydrogen (secondary N) is 1. The van der Waals surface area contributed by atoms with Crippen molar-refractivity contribution in [3.05, 3.63) is 66.7 Å². The molecule has 0 spiro atoms. The molecule has 0 bridgehead atoms. The minimum absolute atomic E-state index is 0.137. The van der Waals surface area contributed by atoms with Crippen molar-refractivity contribution in [2.45, 2.75) is 12.8 Å². The molecule has 7 heteroatoms. The van der Waals surface area contributed by atoms with Gasteiger partial charge in [0, 0.05) is 30.0 Å². The number of fused-ring (bicyclic) bond motifs is 1. The lowest BCUT2D eigenvalue weighted by atomic mass is 10.2. The molecule has 0 aliphatic carbocycles. The monoisotopic (exact) mass is 374 g/mol. The van der Waals surface area contributed by atoms with E-state index in [-0.39, 0.29) is 12.3 Å². The number of amides is 1. The van der Waals surface area contributed by atoms with E-state index in [1.165, 1.54) is 0 Å². The summed E-state index contributed by atoms with van der Waals surface area (Å²) in [6, 6.07) is 16.9. The lowest BCUT2D eigenvalue weighted by Gasteiger charge is -2.07. The Balaban J connectivity index is 1.39. The molecule has 7 nitrogen and oxygen atoms in total. The third kappa shape index (κ3) is 3.83. The fraction of sp³-hybridized carbons (Fsp3) is 0.143. The number of aromatic nitrogens is 3. The van der Waals surface area contributed by atoms with Gasteiger partial charge in [-0.3, -0.25) is 9.78 Å². The maximum Gasteiger partial charge on any atom is 0.227 e. The van der Waals surface area contributed by atoms with E-state index in [0.29, 0.717) is 23.8 Å². The molecule has 2 heterocycles. The standard InChI is InChI=1S/C21H18N4O3/c1-27-16-9-7-15(8-10-16)21-24-19(28-25-21)12-11-18(26)23-17-6-2-4-14-5-3-13-22-20(14)17/h2-10,13H,11-12H2,1H3,(H,23,26). The highest BCUT2D eigenvalue weighted by atomic mass is 16.5. The van der Waals surface area contributed by atoms with E-state index in [9.17, 15) is 4.79 Å². The number of aryl methyl sites for hydroxylation is 1. The number of hydrogen-bond donors (Lipinski definition) is 1. The van der Waals surface area contributed by atoms with E-state index in [0.717, 1.165) is 22.2 Å². The highest BCUT2D eigenvalue weighted by Crippen LogP contribution is 2.22. The van der Waals surface area contributed by atoms with E-state index in [1.807, 2.05) is 54.6 Å². The first-order chi connectivity index (χ1) is 13.7. The maximum absolute atomic E-state index is 12.3. The highest BCUT2D eigenvalue weighted by molar-refractivity contribution is 6.00. The van der Waals surface area contributed by atoms with E-state index in [2.05, 4.69) is 20.4 Å². The summed E-state index contributed by atoms with van der Waals surface area (Å²) in [7, 11) is 1.61. The molecule has 0 saturated carbocycles. The van der Waals surface area contributed by atoms with Crippen molar-refractivity contribution in [2.24, 2.45) is 0 Å². The van der Waals surface area contributed by atoms with Gasteiger partial charge in [0.25, 0.3) is 0 Å². The molecule has 2 aromatic carbocycles. The Kier molecular flexibility index (Phi) is 4.97. The van der Waals surface area contributed by atoms with Gasteiger partial charge in [-0.1, -0.05) is 23.4 Å². The van der Waals surface area contributed by atoms with Crippen molar-refractivity contribution >= 4 is 22.5 Å². The van der Waals surface area contributed by atoms with Crippen molar-refractivity contribution < 1.29 is 14.1 Å². The van der Waals surface area contributed by atoms with Crippen LogP contribution < -0.4 is 10.1 Å². The topological polar surface area (TPSA) is 90.1 Å². The number of hydrogen-bond acceptors (Lipinski definition) is 6. The lowest BCUT2D eigenvalue weighted by Crippen LogP contribution is -2.13. The molecule has 0 atom stereocenters. The second kappa shape index (κ2) is 7.87. The molecule has 0 aliphatic rings. The molecule has 2 aromatic heterocycles. The van der Waals surface area contributed by atoms with E-state index in [4.69, 9.17) is 9.26 Å². The summed E-state index contributed by atoms with van der Waals surface area (Å²) in [5, 5.41) is 7.85. The fourth-order valence-electron chi connectivity index (χ4n) is 2.85. The number of benzene rings is 2. The second-order valence-electron chi connectivity index (χ2n) is 6.17. The summed E-state index contributed by atoms with van der Waals surface area (Å²) in [6.45, 7) is 0. The molecule has 0 aliphatic heterocycles. The van der Waals surface area contributed by atoms with Gasteiger partial charge in [-0.25, -0.2) is 0 Å². The third-order valence-corrected chi connectivity index (χ3v) is 4.29. The first kappa shape index (κ1) is 17.7. The van der Waals surface area contributed by atoms with Gasteiger partial charge in [0.05, 0.1) is 18.3 Å². The Morgan fingerprint density at radius 3 is 2.75 bits per heavy atom. The van der Waals surface area contributed by atoms with Crippen molar-refractivity contribution in [1.29, 1.82) is 0 Å². The van der Waals surface area contributed by atoms with Crippen molar-refractivity contribution in [2.75, 3.05) is 12.4 Å². The first-order valence-electron chi connectivity index (χ1n) is 8.83. The first-order valence-corrected chi connectivity index (χ1v) is 8.83. The van der Waals surface area contributed by atoms with Crippen LogP contribution in [0.3, 0.4) is 0 Å². The van der Waals surface area contributed by atoms with Gasteiger partial charge >= 0.3 is 0 Å². The second-order valence-corrected chi connectivity index (χ2v) is 6.17. The van der Waals surface area contributed by atoms with Crippen molar-refractivity contribution in [3.63, 3.8) is 0 Å². The molecule has 0 fully saturated rings. The van der Waals surface area contributed by atoms with Crippen molar-refractivity contribution in [1.82, 2.24) is 15.1 Å². The predicted molar refractivity (Wildman–Crippen MR) is 105 cm³/mol. The Bertz CT molecular complexity index is 1100. The average molecular weight is 374 g/mol. The zero-order valence-corrected chi connectivity index (χ0v) is 15.3. The number of carbonyl (C=O) groups is 1. The fourth-order valence-corrected chi connectivity index (χ4v) is 2.85. The van der Waals surface area contributed by atoms with Gasteiger partial charge < -0.3 is 14.6 Å². The predicted octanol–water partition coefficient (Wildman–Crippen LogP) is 3.86. The minimum Gasteiger partial charge on any atom is -0.497 e. The van der Waals surface area contributed by atoms with Crippen LogP contribution in [0.4, 0.5) is 5.69 Å². The molecule has 4 rings (SSSR count). The Hall–Kier alpha value is -3.74. The summed E-state index contributed by atoms with van der Waals surface area (Å²) in [4.78, 5) is 21.0. The van der Waals surface area contributed by atoms with Crippen LogP contribution in [-0.4, -0.2) is 28.1 Å². The molecule has 1 N–H and O–H groups in total. The SMILES string of the molecule is COc1ccc(-c2noc(CCC(=O)Nc3cccc4cccnc34)n2)cc1. The Labute approximate surface area is 161 Å². The number of ether oxygens (including phenoxy) is 1. The van der Waals surface area contributed by atoms with Crippen LogP contribution in [0.15, 0.2) is 65.3 Å². The summed E-state index contributed by atoms with van der Waals surface area (Å²) in [6.07, 6.45) is 2.29. The van der Waals surface area contributed by atoms with Crippen LogP contribution in [-0.2, 0) is 11.2 Å². The summed E-state index contributed by atoms with van der Waals surface area (Å²) < 4.78 is 10.4. The normalized spacial score (nSPS) is 10.8. The average Bonchev–Trinajstić information content (AvgIpc) is 3.22. The van der Waals surface area contributed by atoms with E-state index < -0.39 is 0 Å². The van der Waals surface area contributed by atoms with Crippen LogP contribution in [0.1, 0.15) is 12.3 Å². The number of methoxy groups -OCH3 is 1. The molecule has 28 heavy (non-hydrogen) atoms. The van der Waals surface area contributed by atoms with Crippen LogP contribution in [0.25, 0.3) is 22.3 Å². The van der Waals surface area contributed by atoms with Crippen LogP contribution in [0.5, 0.6) is 5.75 Å². The molecule has 140 valence electrons. The Morgan fingerprint density at radius 1 is 1.11 bits per heavy atom. The number of pyridine rings is 1. The van der Waals surface area contributed by atoms with E-state index >= 15 is 0 Å². The molecular formula is C21H18N4O3. The number of para-hydroxylation sites is 1. The zero-order chi connectivity index (χ0) is 19.3. The van der Waals surface area contributed by atoms with Gasteiger partial charge in [0.15, 0.2) is 0 Å². The lowest BCUT2D eigenvalue weighted by molar-refractivity contribution is -0.116. The Morgan fingerprint density at radius 2 is 1.93 bits per heavy atom. The molecule has 4 aromatic rings. The van der Waals surface area contributed by atoms with Gasteiger partial charge in [-0.05, 0) is 36.4 Å². The maximum atomic E-state index is 12.3. The van der Waals surface area contributed by atoms with Crippen LogP contribution in [0.2, 0.25) is 0 Å². The van der Waals surface area contributed by atoms with Gasteiger partial charge in [0.1, 0.15) is 5.75 Å². The largest absolute Gasteiger partial charge is 0.497 e. The van der Waals surface area contributed by atoms with Crippen LogP contribution in [0, 0.1) is 0 Å². The molecule has 0 radical (unpaired) electrons.